The highest BCUT2D eigenvalue weighted by molar-refractivity contribution is 6.30. The molecule has 162 valence electrons. The van der Waals surface area contributed by atoms with Crippen molar-refractivity contribution in [2.24, 2.45) is 0 Å². The summed E-state index contributed by atoms with van der Waals surface area (Å²) in [6.45, 7) is 4.48. The van der Waals surface area contributed by atoms with Crippen molar-refractivity contribution in [3.8, 4) is 11.5 Å². The lowest BCUT2D eigenvalue weighted by atomic mass is 10.1. The van der Waals surface area contributed by atoms with Crippen molar-refractivity contribution >= 4 is 17.8 Å². The number of ether oxygens (including phenoxy) is 4. The molecule has 0 aromatic heterocycles. The fraction of sp³-hybridized carbons (Fsp3) is 0.409. The van der Waals surface area contributed by atoms with Gasteiger partial charge in [-0.05, 0) is 55.7 Å². The zero-order chi connectivity index (χ0) is 21.5. The largest absolute Gasteiger partial charge is 0.511 e. The Labute approximate surface area is 180 Å². The standard InChI is InChI=1S/C22H26ClNO6/c1-3-27-22(26)30-21-13-28-20-10-15(7-8-19(20)29-21)9-14(2)24-12-18(25)16-5-4-6-17(23)11-16/h4-8,10-11,14,18,21,24-25H,3,9,12-13H2,1-2H3/t14-,18?,21-/m0/s1. The molecule has 8 heteroatoms. The minimum absolute atomic E-state index is 0.0922. The second kappa shape index (κ2) is 10.5. The van der Waals surface area contributed by atoms with Crippen molar-refractivity contribution in [2.75, 3.05) is 19.8 Å². The zero-order valence-electron chi connectivity index (χ0n) is 17.0. The van der Waals surface area contributed by atoms with Crippen LogP contribution in [0.1, 0.15) is 31.1 Å². The molecule has 1 aliphatic heterocycles. The maximum absolute atomic E-state index is 11.4. The molecule has 3 rings (SSSR count). The molecule has 0 saturated carbocycles. The Bertz CT molecular complexity index is 861. The lowest BCUT2D eigenvalue weighted by Crippen LogP contribution is -2.34. The highest BCUT2D eigenvalue weighted by Gasteiger charge is 2.25. The van der Waals surface area contributed by atoms with Crippen LogP contribution in [-0.4, -0.2) is 43.4 Å². The molecule has 3 atom stereocenters. The Balaban J connectivity index is 1.50. The van der Waals surface area contributed by atoms with Crippen molar-refractivity contribution in [2.45, 2.75) is 38.7 Å². The molecule has 0 saturated heterocycles. The van der Waals surface area contributed by atoms with Crippen LogP contribution in [0.4, 0.5) is 4.79 Å². The van der Waals surface area contributed by atoms with Crippen LogP contribution in [0.15, 0.2) is 42.5 Å². The number of carbonyl (C=O) groups excluding carboxylic acids is 1. The fourth-order valence-corrected chi connectivity index (χ4v) is 3.31. The molecule has 0 aliphatic carbocycles. The van der Waals surface area contributed by atoms with E-state index in [1.807, 2.05) is 31.2 Å². The number of fused-ring (bicyclic) bond motifs is 1. The average Bonchev–Trinajstić information content (AvgIpc) is 2.72. The summed E-state index contributed by atoms with van der Waals surface area (Å²) >= 11 is 5.98. The monoisotopic (exact) mass is 435 g/mol. The molecule has 0 bridgehead atoms. The number of benzene rings is 2. The Kier molecular flexibility index (Phi) is 7.79. The van der Waals surface area contributed by atoms with Crippen molar-refractivity contribution in [3.05, 3.63) is 58.6 Å². The Hall–Kier alpha value is -2.48. The van der Waals surface area contributed by atoms with E-state index in [9.17, 15) is 9.90 Å². The highest BCUT2D eigenvalue weighted by Crippen LogP contribution is 2.33. The number of aliphatic hydroxyl groups is 1. The normalized spacial score (nSPS) is 17.1. The smallest absolute Gasteiger partial charge is 0.482 e. The lowest BCUT2D eigenvalue weighted by Gasteiger charge is -2.26. The van der Waals surface area contributed by atoms with Crippen LogP contribution in [0.5, 0.6) is 11.5 Å². The molecular weight excluding hydrogens is 410 g/mol. The third-order valence-electron chi connectivity index (χ3n) is 4.57. The summed E-state index contributed by atoms with van der Waals surface area (Å²) in [6.07, 6.45) is -1.52. The van der Waals surface area contributed by atoms with Crippen molar-refractivity contribution in [3.63, 3.8) is 0 Å². The first-order chi connectivity index (χ1) is 14.4. The summed E-state index contributed by atoms with van der Waals surface area (Å²) in [5.41, 5.74) is 1.83. The predicted molar refractivity (Wildman–Crippen MR) is 112 cm³/mol. The van der Waals surface area contributed by atoms with Gasteiger partial charge in [-0.25, -0.2) is 4.79 Å². The molecule has 2 aromatic carbocycles. The van der Waals surface area contributed by atoms with Gasteiger partial charge in [0.05, 0.1) is 12.7 Å². The van der Waals surface area contributed by atoms with E-state index in [4.69, 9.17) is 30.5 Å². The van der Waals surface area contributed by atoms with E-state index in [-0.39, 0.29) is 19.3 Å². The van der Waals surface area contributed by atoms with Gasteiger partial charge in [-0.2, -0.15) is 0 Å². The van der Waals surface area contributed by atoms with E-state index < -0.39 is 18.5 Å². The van der Waals surface area contributed by atoms with E-state index in [2.05, 4.69) is 5.32 Å². The van der Waals surface area contributed by atoms with Crippen LogP contribution in [0, 0.1) is 0 Å². The topological polar surface area (TPSA) is 86.3 Å². The molecule has 0 fully saturated rings. The lowest BCUT2D eigenvalue weighted by molar-refractivity contribution is -0.0962. The van der Waals surface area contributed by atoms with Gasteiger partial charge in [0, 0.05) is 17.6 Å². The number of rotatable bonds is 8. The molecule has 1 unspecified atom stereocenters. The maximum Gasteiger partial charge on any atom is 0.511 e. The number of nitrogens with one attached hydrogen (secondary N) is 1. The first kappa shape index (κ1) is 22.2. The van der Waals surface area contributed by atoms with Gasteiger partial charge in [-0.1, -0.05) is 29.8 Å². The Morgan fingerprint density at radius 3 is 2.90 bits per heavy atom. The number of aliphatic hydroxyl groups excluding tert-OH is 1. The van der Waals surface area contributed by atoms with Gasteiger partial charge in [0.2, 0.25) is 0 Å². The number of hydrogen-bond acceptors (Lipinski definition) is 7. The van der Waals surface area contributed by atoms with Crippen molar-refractivity contribution in [1.29, 1.82) is 0 Å². The summed E-state index contributed by atoms with van der Waals surface area (Å²) in [7, 11) is 0. The highest BCUT2D eigenvalue weighted by atomic mass is 35.5. The summed E-state index contributed by atoms with van der Waals surface area (Å²) in [4.78, 5) is 11.4. The first-order valence-electron chi connectivity index (χ1n) is 9.87. The average molecular weight is 436 g/mol. The molecule has 0 radical (unpaired) electrons. The van der Waals surface area contributed by atoms with Crippen LogP contribution in [-0.2, 0) is 15.9 Å². The summed E-state index contributed by atoms with van der Waals surface area (Å²) in [6, 6.07) is 13.0. The zero-order valence-corrected chi connectivity index (χ0v) is 17.7. The van der Waals surface area contributed by atoms with Crippen LogP contribution < -0.4 is 14.8 Å². The molecule has 1 aliphatic rings. The molecule has 0 spiro atoms. The van der Waals surface area contributed by atoms with E-state index in [0.717, 1.165) is 17.5 Å². The molecule has 2 aromatic rings. The van der Waals surface area contributed by atoms with Gasteiger partial charge < -0.3 is 29.4 Å². The quantitative estimate of drug-likeness (QED) is 0.609. The van der Waals surface area contributed by atoms with Gasteiger partial charge in [-0.15, -0.1) is 0 Å². The van der Waals surface area contributed by atoms with E-state index >= 15 is 0 Å². The van der Waals surface area contributed by atoms with Crippen molar-refractivity contribution < 1.29 is 28.8 Å². The second-order valence-corrected chi connectivity index (χ2v) is 7.46. The SMILES string of the molecule is CCOC(=O)O[C@H]1COc2cc(C[C@H](C)NCC(O)c3cccc(Cl)c3)ccc2O1. The number of halogens is 1. The van der Waals surface area contributed by atoms with Gasteiger partial charge in [0.15, 0.2) is 18.1 Å². The first-order valence-corrected chi connectivity index (χ1v) is 10.2. The molecule has 2 N–H and O–H groups in total. The van der Waals surface area contributed by atoms with Crippen LogP contribution in [0.2, 0.25) is 5.02 Å². The summed E-state index contributed by atoms with van der Waals surface area (Å²) < 4.78 is 21.1. The van der Waals surface area contributed by atoms with Crippen LogP contribution in [0.25, 0.3) is 0 Å². The van der Waals surface area contributed by atoms with Crippen molar-refractivity contribution in [1.82, 2.24) is 5.32 Å². The summed E-state index contributed by atoms with van der Waals surface area (Å²) in [5.74, 6) is 1.11. The molecule has 7 nitrogen and oxygen atoms in total. The Morgan fingerprint density at radius 2 is 2.13 bits per heavy atom. The van der Waals surface area contributed by atoms with E-state index in [1.165, 1.54) is 0 Å². The molecule has 0 amide bonds. The third-order valence-corrected chi connectivity index (χ3v) is 4.80. The minimum Gasteiger partial charge on any atom is -0.482 e. The summed E-state index contributed by atoms with van der Waals surface area (Å²) in [5, 5.41) is 14.3. The van der Waals surface area contributed by atoms with Gasteiger partial charge in [0.1, 0.15) is 0 Å². The van der Waals surface area contributed by atoms with Crippen LogP contribution >= 0.6 is 11.6 Å². The van der Waals surface area contributed by atoms with Gasteiger partial charge >= 0.3 is 6.16 Å². The third kappa shape index (κ3) is 6.26. The number of carbonyl (C=O) groups is 1. The van der Waals surface area contributed by atoms with Crippen LogP contribution in [0.3, 0.4) is 0 Å². The minimum atomic E-state index is -0.837. The molecular formula is C22H26ClNO6. The Morgan fingerprint density at radius 1 is 1.30 bits per heavy atom. The maximum atomic E-state index is 11.4. The second-order valence-electron chi connectivity index (χ2n) is 7.02. The molecule has 30 heavy (non-hydrogen) atoms. The van der Waals surface area contributed by atoms with Gasteiger partial charge in [0.25, 0.3) is 6.29 Å². The fourth-order valence-electron chi connectivity index (χ4n) is 3.11. The van der Waals surface area contributed by atoms with E-state index in [0.29, 0.717) is 23.1 Å². The van der Waals surface area contributed by atoms with Gasteiger partial charge in [-0.3, -0.25) is 0 Å². The molecule has 1 heterocycles. The van der Waals surface area contributed by atoms with E-state index in [1.54, 1.807) is 25.1 Å². The number of hydrogen-bond donors (Lipinski definition) is 2. The predicted octanol–water partition coefficient (Wildman–Crippen LogP) is 3.86.